The lowest BCUT2D eigenvalue weighted by atomic mass is 9.89. The minimum atomic E-state index is -0.246. The van der Waals surface area contributed by atoms with E-state index in [9.17, 15) is 4.79 Å². The Kier molecular flexibility index (Phi) is 4.09. The van der Waals surface area contributed by atoms with E-state index in [-0.39, 0.29) is 11.0 Å². The number of hydrogen-bond donors (Lipinski definition) is 0. The maximum absolute atomic E-state index is 11.9. The minimum absolute atomic E-state index is 0.125. The van der Waals surface area contributed by atoms with Crippen molar-refractivity contribution in [2.75, 3.05) is 0 Å². The van der Waals surface area contributed by atoms with Gasteiger partial charge in [0.25, 0.3) is 5.56 Å². The number of aryl methyl sites for hydroxylation is 1. The van der Waals surface area contributed by atoms with E-state index in [4.69, 9.17) is 5.26 Å². The van der Waals surface area contributed by atoms with E-state index in [0.29, 0.717) is 0 Å². The Balaban J connectivity index is 1.96. The van der Waals surface area contributed by atoms with Gasteiger partial charge in [-0.15, -0.1) is 0 Å². The van der Waals surface area contributed by atoms with E-state index < -0.39 is 0 Å². The lowest BCUT2D eigenvalue weighted by molar-refractivity contribution is 0.414. The molecule has 1 aliphatic rings. The van der Waals surface area contributed by atoms with E-state index in [1.807, 2.05) is 24.5 Å². The molecule has 0 aromatic carbocycles. The third kappa shape index (κ3) is 3.26. The predicted molar refractivity (Wildman–Crippen MR) is 76.0 cm³/mol. The zero-order valence-electron chi connectivity index (χ0n) is 11.9. The number of hydrogen-bond acceptors (Lipinski definition) is 2. The van der Waals surface area contributed by atoms with E-state index in [1.54, 1.807) is 6.07 Å². The van der Waals surface area contributed by atoms with E-state index in [0.717, 1.165) is 38.6 Å². The van der Waals surface area contributed by atoms with Crippen molar-refractivity contribution in [2.45, 2.75) is 58.9 Å². The normalized spacial score (nSPS) is 14.2. The van der Waals surface area contributed by atoms with Crippen LogP contribution in [0.25, 0.3) is 0 Å². The molecule has 19 heavy (non-hydrogen) atoms. The topological polar surface area (TPSA) is 45.8 Å². The number of aromatic nitrogens is 1. The molecular formula is C16H22N2O. The molecule has 0 spiro atoms. The zero-order valence-corrected chi connectivity index (χ0v) is 11.9. The molecule has 102 valence electrons. The average molecular weight is 258 g/mol. The molecule has 0 radical (unpaired) electrons. The van der Waals surface area contributed by atoms with Crippen molar-refractivity contribution in [2.24, 2.45) is 5.41 Å². The zero-order chi connectivity index (χ0) is 13.9. The van der Waals surface area contributed by atoms with Crippen molar-refractivity contribution >= 4 is 0 Å². The van der Waals surface area contributed by atoms with Crippen LogP contribution in [0.15, 0.2) is 16.9 Å². The first kappa shape index (κ1) is 13.9. The highest BCUT2D eigenvalue weighted by Gasteiger charge is 2.17. The van der Waals surface area contributed by atoms with Crippen LogP contribution in [0.5, 0.6) is 0 Å². The molecule has 0 aliphatic heterocycles. The van der Waals surface area contributed by atoms with Gasteiger partial charge < -0.3 is 4.57 Å². The number of fused-ring (bicyclic) bond motifs is 1. The lowest BCUT2D eigenvalue weighted by Gasteiger charge is -2.15. The van der Waals surface area contributed by atoms with Gasteiger partial charge in [0.2, 0.25) is 0 Å². The predicted octanol–water partition coefficient (Wildman–Crippen LogP) is 3.06. The van der Waals surface area contributed by atoms with E-state index in [2.05, 4.69) is 6.07 Å². The largest absolute Gasteiger partial charge is 0.312 e. The van der Waals surface area contributed by atoms with Gasteiger partial charge in [0.15, 0.2) is 0 Å². The SMILES string of the molecule is CC(C)(C#N)CCCCn1c2c(ccc1=O)CCC2. The maximum Gasteiger partial charge on any atom is 0.250 e. The van der Waals surface area contributed by atoms with Gasteiger partial charge in [-0.1, -0.05) is 12.5 Å². The molecule has 3 heteroatoms. The van der Waals surface area contributed by atoms with Crippen LogP contribution in [-0.2, 0) is 19.4 Å². The van der Waals surface area contributed by atoms with Gasteiger partial charge in [0.05, 0.1) is 11.5 Å². The van der Waals surface area contributed by atoms with Crippen molar-refractivity contribution < 1.29 is 0 Å². The Bertz CT molecular complexity index is 549. The third-order valence-corrected chi connectivity index (χ3v) is 3.99. The van der Waals surface area contributed by atoms with Crippen molar-refractivity contribution in [3.63, 3.8) is 0 Å². The summed E-state index contributed by atoms with van der Waals surface area (Å²) in [7, 11) is 0. The molecule has 1 aromatic heterocycles. The van der Waals surface area contributed by atoms with Crippen molar-refractivity contribution in [1.29, 1.82) is 5.26 Å². The fourth-order valence-electron chi connectivity index (χ4n) is 2.77. The molecule has 0 amide bonds. The Morgan fingerprint density at radius 1 is 1.32 bits per heavy atom. The molecule has 0 atom stereocenters. The van der Waals surface area contributed by atoms with Gasteiger partial charge >= 0.3 is 0 Å². The van der Waals surface area contributed by atoms with Crippen LogP contribution in [0.2, 0.25) is 0 Å². The average Bonchev–Trinajstić information content (AvgIpc) is 2.85. The monoisotopic (exact) mass is 258 g/mol. The molecule has 1 aromatic rings. The number of nitriles is 1. The summed E-state index contributed by atoms with van der Waals surface area (Å²) in [6, 6.07) is 6.01. The van der Waals surface area contributed by atoms with Crippen LogP contribution in [-0.4, -0.2) is 4.57 Å². The number of unbranched alkanes of at least 4 members (excludes halogenated alkanes) is 1. The molecular weight excluding hydrogens is 236 g/mol. The third-order valence-electron chi connectivity index (χ3n) is 3.99. The Labute approximate surface area is 114 Å². The Hall–Kier alpha value is -1.56. The summed E-state index contributed by atoms with van der Waals surface area (Å²) in [5, 5.41) is 8.98. The second-order valence-electron chi connectivity index (χ2n) is 6.10. The highest BCUT2D eigenvalue weighted by atomic mass is 16.1. The van der Waals surface area contributed by atoms with Gasteiger partial charge in [-0.3, -0.25) is 4.79 Å². The molecule has 3 nitrogen and oxygen atoms in total. The minimum Gasteiger partial charge on any atom is -0.312 e. The van der Waals surface area contributed by atoms with Crippen molar-refractivity contribution in [3.05, 3.63) is 33.7 Å². The molecule has 0 N–H and O–H groups in total. The van der Waals surface area contributed by atoms with Gasteiger partial charge in [0.1, 0.15) is 0 Å². The first-order chi connectivity index (χ1) is 9.03. The summed E-state index contributed by atoms with van der Waals surface area (Å²) in [5.74, 6) is 0. The number of rotatable bonds is 5. The highest BCUT2D eigenvalue weighted by molar-refractivity contribution is 5.25. The van der Waals surface area contributed by atoms with E-state index in [1.165, 1.54) is 17.7 Å². The molecule has 0 fully saturated rings. The molecule has 0 unspecified atom stereocenters. The Morgan fingerprint density at radius 3 is 2.84 bits per heavy atom. The van der Waals surface area contributed by atoms with Crippen LogP contribution in [0.1, 0.15) is 50.8 Å². The molecule has 2 rings (SSSR count). The van der Waals surface area contributed by atoms with Gasteiger partial charge in [0, 0.05) is 18.3 Å². The van der Waals surface area contributed by atoms with Crippen LogP contribution < -0.4 is 5.56 Å². The summed E-state index contributed by atoms with van der Waals surface area (Å²) >= 11 is 0. The number of pyridine rings is 1. The summed E-state index contributed by atoms with van der Waals surface area (Å²) < 4.78 is 1.95. The summed E-state index contributed by atoms with van der Waals surface area (Å²) in [6.07, 6.45) is 6.18. The lowest BCUT2D eigenvalue weighted by Crippen LogP contribution is -2.23. The van der Waals surface area contributed by atoms with Crippen LogP contribution in [0, 0.1) is 16.7 Å². The number of nitrogens with zero attached hydrogens (tertiary/aromatic N) is 2. The maximum atomic E-state index is 11.9. The smallest absolute Gasteiger partial charge is 0.250 e. The summed E-state index contributed by atoms with van der Waals surface area (Å²) in [6.45, 7) is 4.74. The second kappa shape index (κ2) is 5.61. The van der Waals surface area contributed by atoms with Crippen molar-refractivity contribution in [1.82, 2.24) is 4.57 Å². The molecule has 0 bridgehead atoms. The van der Waals surface area contributed by atoms with Gasteiger partial charge in [-0.2, -0.15) is 5.26 Å². The highest BCUT2D eigenvalue weighted by Crippen LogP contribution is 2.23. The van der Waals surface area contributed by atoms with Crippen molar-refractivity contribution in [3.8, 4) is 6.07 Å². The molecule has 0 saturated carbocycles. The van der Waals surface area contributed by atoms with E-state index >= 15 is 0 Å². The first-order valence-corrected chi connectivity index (χ1v) is 7.16. The molecule has 1 aliphatic carbocycles. The molecule has 1 heterocycles. The Morgan fingerprint density at radius 2 is 2.11 bits per heavy atom. The first-order valence-electron chi connectivity index (χ1n) is 7.16. The summed E-state index contributed by atoms with van der Waals surface area (Å²) in [4.78, 5) is 11.9. The fourth-order valence-corrected chi connectivity index (χ4v) is 2.77. The van der Waals surface area contributed by atoms with Crippen LogP contribution in [0.3, 0.4) is 0 Å². The van der Waals surface area contributed by atoms with Crippen LogP contribution >= 0.6 is 0 Å². The summed E-state index contributed by atoms with van der Waals surface area (Å²) in [5.41, 5.74) is 2.47. The van der Waals surface area contributed by atoms with Gasteiger partial charge in [-0.25, -0.2) is 0 Å². The second-order valence-corrected chi connectivity index (χ2v) is 6.10. The standard InChI is InChI=1S/C16H22N2O/c1-16(2,12-17)10-3-4-11-18-14-7-5-6-13(14)8-9-15(18)19/h8-9H,3-7,10-11H2,1-2H3. The van der Waals surface area contributed by atoms with Gasteiger partial charge in [-0.05, 0) is 51.5 Å². The fraction of sp³-hybridized carbons (Fsp3) is 0.625. The molecule has 0 saturated heterocycles. The quantitative estimate of drug-likeness (QED) is 0.762. The van der Waals surface area contributed by atoms with Crippen LogP contribution in [0.4, 0.5) is 0 Å².